The summed E-state index contributed by atoms with van der Waals surface area (Å²) in [5.41, 5.74) is 5.35. The molecule has 158 valence electrons. The molecule has 0 aliphatic heterocycles. The first kappa shape index (κ1) is 17.9. The third-order valence-electron chi connectivity index (χ3n) is 7.16. The fourth-order valence-corrected chi connectivity index (χ4v) is 5.78. The Morgan fingerprint density at radius 1 is 0.471 bits per heavy atom. The van der Waals surface area contributed by atoms with Crippen LogP contribution in [0.2, 0.25) is 0 Å². The van der Waals surface area contributed by atoms with Crippen molar-refractivity contribution in [3.8, 4) is 5.69 Å². The summed E-state index contributed by atoms with van der Waals surface area (Å²) in [5, 5.41) is 9.77. The Hall–Kier alpha value is -4.56. The first-order chi connectivity index (χ1) is 16.9. The molecule has 0 bridgehead atoms. The molecular weight excluding hydrogens is 414 g/mol. The normalized spacial score (nSPS) is 12.1. The van der Waals surface area contributed by atoms with Crippen LogP contribution in [0.25, 0.3) is 71.0 Å². The van der Waals surface area contributed by atoms with Crippen LogP contribution in [-0.2, 0) is 0 Å². The molecule has 2 heterocycles. The molecule has 0 unspecified atom stereocenters. The van der Waals surface area contributed by atoms with Gasteiger partial charge in [-0.2, -0.15) is 0 Å². The van der Waals surface area contributed by atoms with Crippen molar-refractivity contribution in [2.24, 2.45) is 0 Å². The van der Waals surface area contributed by atoms with Gasteiger partial charge in [0.1, 0.15) is 5.58 Å². The quantitative estimate of drug-likeness (QED) is 0.253. The fourth-order valence-electron chi connectivity index (χ4n) is 5.78. The lowest BCUT2D eigenvalue weighted by Crippen LogP contribution is -1.95. The van der Waals surface area contributed by atoms with Gasteiger partial charge in [-0.3, -0.25) is 0 Å². The molecule has 0 amide bonds. The second-order valence-corrected chi connectivity index (χ2v) is 8.92. The van der Waals surface area contributed by atoms with Crippen molar-refractivity contribution in [3.63, 3.8) is 0 Å². The van der Waals surface area contributed by atoms with Gasteiger partial charge < -0.3 is 8.98 Å². The smallest absolute Gasteiger partial charge is 0.160 e. The predicted octanol–water partition coefficient (Wildman–Crippen LogP) is 8.99. The van der Waals surface area contributed by atoms with Gasteiger partial charge in [0.25, 0.3) is 0 Å². The minimum Gasteiger partial charge on any atom is -0.454 e. The Kier molecular flexibility index (Phi) is 3.42. The molecule has 0 aliphatic rings. The molecule has 0 spiro atoms. The van der Waals surface area contributed by atoms with Crippen LogP contribution in [0.4, 0.5) is 0 Å². The van der Waals surface area contributed by atoms with Crippen molar-refractivity contribution in [1.82, 2.24) is 4.57 Å². The van der Waals surface area contributed by atoms with E-state index in [1.165, 1.54) is 48.9 Å². The zero-order valence-corrected chi connectivity index (χ0v) is 18.3. The summed E-state index contributed by atoms with van der Waals surface area (Å²) in [6, 6.07) is 41.0. The maximum atomic E-state index is 6.66. The summed E-state index contributed by atoms with van der Waals surface area (Å²) >= 11 is 0. The molecule has 0 N–H and O–H groups in total. The standard InChI is InChI=1S/C32H19NO/c1-2-12-21-20(10-1)11-9-18-26(21)33-27-17-7-5-15-24(27)29-22-13-3-4-14-23(22)30-25-16-6-8-19-28(25)34-32(30)31(29)33/h1-19H. The Labute approximate surface area is 195 Å². The van der Waals surface area contributed by atoms with Crippen LogP contribution in [0.5, 0.6) is 0 Å². The molecule has 8 aromatic rings. The first-order valence-corrected chi connectivity index (χ1v) is 11.6. The van der Waals surface area contributed by atoms with E-state index in [1.807, 2.05) is 6.07 Å². The van der Waals surface area contributed by atoms with Gasteiger partial charge in [0.05, 0.1) is 16.7 Å². The van der Waals surface area contributed by atoms with E-state index in [4.69, 9.17) is 4.42 Å². The predicted molar refractivity (Wildman–Crippen MR) is 143 cm³/mol. The maximum absolute atomic E-state index is 6.66. The lowest BCUT2D eigenvalue weighted by molar-refractivity contribution is 0.671. The van der Waals surface area contributed by atoms with Gasteiger partial charge >= 0.3 is 0 Å². The number of hydrogen-bond donors (Lipinski definition) is 0. The van der Waals surface area contributed by atoms with E-state index in [0.717, 1.165) is 22.1 Å². The molecule has 34 heavy (non-hydrogen) atoms. The van der Waals surface area contributed by atoms with Crippen LogP contribution < -0.4 is 0 Å². The highest BCUT2D eigenvalue weighted by Gasteiger charge is 2.23. The molecule has 0 saturated heterocycles. The van der Waals surface area contributed by atoms with Crippen LogP contribution in [0.15, 0.2) is 120 Å². The second-order valence-electron chi connectivity index (χ2n) is 8.92. The molecule has 0 aliphatic carbocycles. The van der Waals surface area contributed by atoms with Crippen LogP contribution >= 0.6 is 0 Å². The second kappa shape index (κ2) is 6.49. The molecule has 6 aromatic carbocycles. The highest BCUT2D eigenvalue weighted by Crippen LogP contribution is 2.46. The average molecular weight is 434 g/mol. The van der Waals surface area contributed by atoms with E-state index < -0.39 is 0 Å². The van der Waals surface area contributed by atoms with E-state index >= 15 is 0 Å². The van der Waals surface area contributed by atoms with Crippen LogP contribution in [-0.4, -0.2) is 4.57 Å². The minimum atomic E-state index is 0.921. The Morgan fingerprint density at radius 3 is 1.94 bits per heavy atom. The topological polar surface area (TPSA) is 18.1 Å². The van der Waals surface area contributed by atoms with Crippen molar-refractivity contribution >= 4 is 65.3 Å². The van der Waals surface area contributed by atoms with Gasteiger partial charge in [0, 0.05) is 26.9 Å². The lowest BCUT2D eigenvalue weighted by atomic mass is 9.99. The molecule has 2 heteroatoms. The Morgan fingerprint density at radius 2 is 1.09 bits per heavy atom. The lowest BCUT2D eigenvalue weighted by Gasteiger charge is -2.12. The van der Waals surface area contributed by atoms with E-state index in [-0.39, 0.29) is 0 Å². The van der Waals surface area contributed by atoms with Crippen molar-refractivity contribution in [1.29, 1.82) is 0 Å². The van der Waals surface area contributed by atoms with Crippen LogP contribution in [0.3, 0.4) is 0 Å². The molecule has 2 aromatic heterocycles. The number of aromatic nitrogens is 1. The largest absolute Gasteiger partial charge is 0.454 e. The molecule has 0 fully saturated rings. The number of para-hydroxylation sites is 2. The van der Waals surface area contributed by atoms with Crippen molar-refractivity contribution < 1.29 is 4.42 Å². The van der Waals surface area contributed by atoms with Crippen LogP contribution in [0.1, 0.15) is 0 Å². The molecule has 0 saturated carbocycles. The number of nitrogens with zero attached hydrogens (tertiary/aromatic N) is 1. The highest BCUT2D eigenvalue weighted by molar-refractivity contribution is 6.35. The van der Waals surface area contributed by atoms with E-state index in [2.05, 4.69) is 114 Å². The Bertz CT molecular complexity index is 2070. The number of benzene rings is 6. The third kappa shape index (κ3) is 2.20. The number of hydrogen-bond acceptors (Lipinski definition) is 1. The van der Waals surface area contributed by atoms with Crippen molar-refractivity contribution in [2.75, 3.05) is 0 Å². The zero-order valence-electron chi connectivity index (χ0n) is 18.3. The maximum Gasteiger partial charge on any atom is 0.160 e. The third-order valence-corrected chi connectivity index (χ3v) is 7.16. The highest BCUT2D eigenvalue weighted by atomic mass is 16.3. The van der Waals surface area contributed by atoms with Gasteiger partial charge in [0.2, 0.25) is 0 Å². The monoisotopic (exact) mass is 433 g/mol. The molecule has 2 nitrogen and oxygen atoms in total. The van der Waals surface area contributed by atoms with Gasteiger partial charge in [-0.05, 0) is 34.4 Å². The van der Waals surface area contributed by atoms with Gasteiger partial charge in [0.15, 0.2) is 5.58 Å². The number of furan rings is 1. The summed E-state index contributed by atoms with van der Waals surface area (Å²) in [5.74, 6) is 0. The van der Waals surface area contributed by atoms with E-state index in [1.54, 1.807) is 0 Å². The summed E-state index contributed by atoms with van der Waals surface area (Å²) in [4.78, 5) is 0. The number of fused-ring (bicyclic) bond motifs is 11. The summed E-state index contributed by atoms with van der Waals surface area (Å²) < 4.78 is 9.06. The summed E-state index contributed by atoms with van der Waals surface area (Å²) in [7, 11) is 0. The molecule has 0 radical (unpaired) electrons. The molecule has 8 rings (SSSR count). The van der Waals surface area contributed by atoms with Crippen molar-refractivity contribution in [3.05, 3.63) is 115 Å². The number of rotatable bonds is 1. The Balaban J connectivity index is 1.74. The van der Waals surface area contributed by atoms with Crippen molar-refractivity contribution in [2.45, 2.75) is 0 Å². The van der Waals surface area contributed by atoms with E-state index in [0.29, 0.717) is 0 Å². The van der Waals surface area contributed by atoms with Gasteiger partial charge in [-0.1, -0.05) is 97.1 Å². The fraction of sp³-hybridized carbons (Fsp3) is 0. The van der Waals surface area contributed by atoms with E-state index in [9.17, 15) is 0 Å². The van der Waals surface area contributed by atoms with Gasteiger partial charge in [-0.15, -0.1) is 0 Å². The molecular formula is C32H19NO. The average Bonchev–Trinajstić information content (AvgIpc) is 3.45. The summed E-state index contributed by atoms with van der Waals surface area (Å²) in [6.07, 6.45) is 0. The first-order valence-electron chi connectivity index (χ1n) is 11.6. The molecule has 0 atom stereocenters. The zero-order chi connectivity index (χ0) is 22.2. The SMILES string of the molecule is c1ccc2c(-n3c4ccccc4c4c5ccccc5c5c6ccccc6oc5c43)cccc2c1. The van der Waals surface area contributed by atoms with Gasteiger partial charge in [-0.25, -0.2) is 0 Å². The summed E-state index contributed by atoms with van der Waals surface area (Å²) in [6.45, 7) is 0. The minimum absolute atomic E-state index is 0.921. The van der Waals surface area contributed by atoms with Crippen LogP contribution in [0, 0.1) is 0 Å².